The van der Waals surface area contributed by atoms with Crippen LogP contribution < -0.4 is 0 Å². The summed E-state index contributed by atoms with van der Waals surface area (Å²) >= 11 is 1.87. The zero-order valence-electron chi connectivity index (χ0n) is 15.4. The van der Waals surface area contributed by atoms with Crippen molar-refractivity contribution >= 4 is 40.4 Å². The van der Waals surface area contributed by atoms with Gasteiger partial charge in [-0.1, -0.05) is 36.4 Å². The zero-order valence-corrected chi connectivity index (χ0v) is 16.2. The lowest BCUT2D eigenvalue weighted by Gasteiger charge is -2.26. The van der Waals surface area contributed by atoms with Gasteiger partial charge in [0, 0.05) is 41.1 Å². The summed E-state index contributed by atoms with van der Waals surface area (Å²) in [6.45, 7) is 1.57. The Kier molecular flexibility index (Phi) is 5.53. The maximum atomic E-state index is 12.5. The number of fused-ring (bicyclic) bond motifs is 1. The van der Waals surface area contributed by atoms with E-state index in [-0.39, 0.29) is 11.7 Å². The summed E-state index contributed by atoms with van der Waals surface area (Å²) in [5.41, 5.74) is 2.82. The molecule has 28 heavy (non-hydrogen) atoms. The Bertz CT molecular complexity index is 1040. The molecule has 3 aromatic rings. The molecule has 4 nitrogen and oxygen atoms in total. The van der Waals surface area contributed by atoms with E-state index in [2.05, 4.69) is 4.98 Å². The smallest absolute Gasteiger partial charge is 0.253 e. The molecule has 0 atom stereocenters. The second kappa shape index (κ2) is 8.40. The average molecular weight is 388 g/mol. The highest BCUT2D eigenvalue weighted by Crippen LogP contribution is 2.15. The van der Waals surface area contributed by atoms with Crippen LogP contribution in [-0.4, -0.2) is 46.2 Å². The largest absolute Gasteiger partial charge is 0.337 e. The molecule has 0 aliphatic carbocycles. The third kappa shape index (κ3) is 4.15. The highest BCUT2D eigenvalue weighted by Gasteiger charge is 2.18. The molecular formula is C23H20N2O2S. The molecule has 0 spiro atoms. The van der Waals surface area contributed by atoms with Crippen LogP contribution in [0, 0.1) is 0 Å². The number of hydrogen-bond donors (Lipinski definition) is 0. The predicted octanol–water partition coefficient (Wildman–Crippen LogP) is 4.32. The van der Waals surface area contributed by atoms with Gasteiger partial charge in [0.1, 0.15) is 0 Å². The van der Waals surface area contributed by atoms with Gasteiger partial charge in [-0.2, -0.15) is 11.8 Å². The van der Waals surface area contributed by atoms with E-state index in [0.717, 1.165) is 41.2 Å². The van der Waals surface area contributed by atoms with Crippen molar-refractivity contribution in [2.75, 3.05) is 24.6 Å². The monoisotopic (exact) mass is 388 g/mol. The first-order valence-electron chi connectivity index (χ1n) is 9.26. The molecular weight excluding hydrogens is 368 g/mol. The van der Waals surface area contributed by atoms with Crippen molar-refractivity contribution in [3.63, 3.8) is 0 Å². The Hall–Kier alpha value is -2.92. The van der Waals surface area contributed by atoms with Crippen LogP contribution in [0.2, 0.25) is 0 Å². The molecule has 5 heteroatoms. The number of ketones is 1. The molecule has 1 aliphatic rings. The minimum Gasteiger partial charge on any atom is -0.337 e. The van der Waals surface area contributed by atoms with Crippen LogP contribution in [0.3, 0.4) is 0 Å². The van der Waals surface area contributed by atoms with Crippen LogP contribution in [-0.2, 0) is 0 Å². The molecule has 1 aromatic heterocycles. The number of hydrogen-bond acceptors (Lipinski definition) is 4. The normalized spacial score (nSPS) is 14.5. The van der Waals surface area contributed by atoms with Crippen molar-refractivity contribution in [1.82, 2.24) is 9.88 Å². The second-order valence-corrected chi connectivity index (χ2v) is 7.83. The number of para-hydroxylation sites is 1. The van der Waals surface area contributed by atoms with Gasteiger partial charge in [-0.15, -0.1) is 0 Å². The van der Waals surface area contributed by atoms with Crippen LogP contribution in [0.25, 0.3) is 17.0 Å². The predicted molar refractivity (Wildman–Crippen MR) is 115 cm³/mol. The van der Waals surface area contributed by atoms with Crippen LogP contribution in [0.1, 0.15) is 26.4 Å². The number of rotatable bonds is 4. The van der Waals surface area contributed by atoms with E-state index in [1.165, 1.54) is 6.08 Å². The van der Waals surface area contributed by atoms with Gasteiger partial charge in [-0.25, -0.2) is 4.98 Å². The van der Waals surface area contributed by atoms with E-state index in [4.69, 9.17) is 0 Å². The fraction of sp³-hybridized carbons (Fsp3) is 0.174. The molecule has 0 radical (unpaired) electrons. The summed E-state index contributed by atoms with van der Waals surface area (Å²) in [6, 6.07) is 18.7. The molecule has 1 amide bonds. The molecule has 4 rings (SSSR count). The third-order valence-electron chi connectivity index (χ3n) is 4.74. The van der Waals surface area contributed by atoms with E-state index in [0.29, 0.717) is 11.1 Å². The molecule has 1 aliphatic heterocycles. The molecule has 1 saturated heterocycles. The Morgan fingerprint density at radius 2 is 1.61 bits per heavy atom. The summed E-state index contributed by atoms with van der Waals surface area (Å²) in [5, 5.41) is 1.07. The lowest BCUT2D eigenvalue weighted by molar-refractivity contribution is 0.0772. The molecule has 2 aromatic carbocycles. The van der Waals surface area contributed by atoms with Gasteiger partial charge < -0.3 is 4.90 Å². The summed E-state index contributed by atoms with van der Waals surface area (Å²) in [4.78, 5) is 31.4. The standard InChI is InChI=1S/C23H20N2O2S/c26-22(12-11-20-10-9-17-3-1-2-4-21(17)24-20)18-5-7-19(8-6-18)23(27)25-13-15-28-16-14-25/h1-12H,13-16H2/b12-11+. The number of allylic oxidation sites excluding steroid dienone is 1. The van der Waals surface area contributed by atoms with Crippen LogP contribution in [0.4, 0.5) is 0 Å². The molecule has 0 unspecified atom stereocenters. The van der Waals surface area contributed by atoms with Gasteiger partial charge in [-0.3, -0.25) is 9.59 Å². The van der Waals surface area contributed by atoms with E-state index in [1.807, 2.05) is 53.1 Å². The van der Waals surface area contributed by atoms with Crippen LogP contribution >= 0.6 is 11.8 Å². The van der Waals surface area contributed by atoms with Crippen molar-refractivity contribution in [1.29, 1.82) is 0 Å². The van der Waals surface area contributed by atoms with Crippen molar-refractivity contribution in [2.45, 2.75) is 0 Å². The highest BCUT2D eigenvalue weighted by molar-refractivity contribution is 7.99. The average Bonchev–Trinajstić information content (AvgIpc) is 2.77. The molecule has 2 heterocycles. The summed E-state index contributed by atoms with van der Waals surface area (Å²) in [6.07, 6.45) is 3.25. The Morgan fingerprint density at radius 1 is 0.893 bits per heavy atom. The molecule has 0 bridgehead atoms. The minimum absolute atomic E-state index is 0.0372. The number of carbonyl (C=O) groups is 2. The molecule has 140 valence electrons. The number of amides is 1. The fourth-order valence-electron chi connectivity index (χ4n) is 3.16. The van der Waals surface area contributed by atoms with Gasteiger partial charge in [0.25, 0.3) is 5.91 Å². The van der Waals surface area contributed by atoms with Gasteiger partial charge in [0.05, 0.1) is 11.2 Å². The number of nitrogens with zero attached hydrogens (tertiary/aromatic N) is 2. The Morgan fingerprint density at radius 3 is 2.39 bits per heavy atom. The van der Waals surface area contributed by atoms with Crippen molar-refractivity contribution in [3.8, 4) is 0 Å². The quantitative estimate of drug-likeness (QED) is 0.493. The summed E-state index contributed by atoms with van der Waals surface area (Å²) in [7, 11) is 0. The second-order valence-electron chi connectivity index (χ2n) is 6.61. The maximum absolute atomic E-state index is 12.5. The van der Waals surface area contributed by atoms with E-state index < -0.39 is 0 Å². The first-order valence-corrected chi connectivity index (χ1v) is 10.4. The Labute approximate surface area is 168 Å². The van der Waals surface area contributed by atoms with E-state index in [1.54, 1.807) is 30.3 Å². The first kappa shape index (κ1) is 18.4. The lowest BCUT2D eigenvalue weighted by Crippen LogP contribution is -2.37. The van der Waals surface area contributed by atoms with E-state index in [9.17, 15) is 9.59 Å². The van der Waals surface area contributed by atoms with Gasteiger partial charge in [0.15, 0.2) is 5.78 Å². The zero-order chi connectivity index (χ0) is 19.3. The first-order chi connectivity index (χ1) is 13.7. The van der Waals surface area contributed by atoms with E-state index >= 15 is 0 Å². The topological polar surface area (TPSA) is 50.3 Å². The number of pyridine rings is 1. The number of thioether (sulfide) groups is 1. The number of benzene rings is 2. The summed E-state index contributed by atoms with van der Waals surface area (Å²) in [5.74, 6) is 1.89. The van der Waals surface area contributed by atoms with Crippen LogP contribution in [0.5, 0.6) is 0 Å². The molecule has 0 N–H and O–H groups in total. The van der Waals surface area contributed by atoms with Crippen LogP contribution in [0.15, 0.2) is 66.7 Å². The van der Waals surface area contributed by atoms with Gasteiger partial charge >= 0.3 is 0 Å². The van der Waals surface area contributed by atoms with Crippen molar-refractivity contribution in [3.05, 3.63) is 83.6 Å². The Balaban J connectivity index is 1.45. The molecule has 1 fully saturated rings. The maximum Gasteiger partial charge on any atom is 0.253 e. The minimum atomic E-state index is -0.108. The highest BCUT2D eigenvalue weighted by atomic mass is 32.2. The number of aromatic nitrogens is 1. The van der Waals surface area contributed by atoms with Gasteiger partial charge in [0.2, 0.25) is 0 Å². The van der Waals surface area contributed by atoms with Crippen molar-refractivity contribution in [2.24, 2.45) is 0 Å². The van der Waals surface area contributed by atoms with Crippen molar-refractivity contribution < 1.29 is 9.59 Å². The fourth-order valence-corrected chi connectivity index (χ4v) is 4.06. The third-order valence-corrected chi connectivity index (χ3v) is 5.68. The molecule has 0 saturated carbocycles. The lowest BCUT2D eigenvalue weighted by atomic mass is 10.1. The SMILES string of the molecule is O=C(/C=C/c1ccc2ccccc2n1)c1ccc(C(=O)N2CCSCC2)cc1. The van der Waals surface area contributed by atoms with Gasteiger partial charge in [-0.05, 0) is 36.4 Å². The number of carbonyl (C=O) groups excluding carboxylic acids is 2. The summed E-state index contributed by atoms with van der Waals surface area (Å²) < 4.78 is 0.